The third kappa shape index (κ3) is 6.26. The van der Waals surface area contributed by atoms with Gasteiger partial charge in [-0.15, -0.1) is 0 Å². The maximum Gasteiger partial charge on any atom is 0.338 e. The molecule has 3 heterocycles. The van der Waals surface area contributed by atoms with Crippen LogP contribution in [0, 0.1) is 0 Å². The number of amides is 1. The van der Waals surface area contributed by atoms with E-state index < -0.39 is 12.0 Å². The van der Waals surface area contributed by atoms with E-state index >= 15 is 0 Å². The summed E-state index contributed by atoms with van der Waals surface area (Å²) >= 11 is 1.44. The van der Waals surface area contributed by atoms with Crippen LogP contribution in [-0.4, -0.2) is 40.6 Å². The minimum Gasteiger partial charge on any atom is -0.489 e. The van der Waals surface area contributed by atoms with Crippen molar-refractivity contribution in [3.63, 3.8) is 0 Å². The van der Waals surface area contributed by atoms with E-state index in [1.54, 1.807) is 6.20 Å². The smallest absolute Gasteiger partial charge is 0.338 e. The Balaban J connectivity index is 1.36. The van der Waals surface area contributed by atoms with E-state index in [9.17, 15) is 9.59 Å². The topological polar surface area (TPSA) is 93.1 Å². The van der Waals surface area contributed by atoms with Crippen molar-refractivity contribution in [1.29, 1.82) is 0 Å². The highest BCUT2D eigenvalue weighted by Gasteiger charge is 2.41. The van der Waals surface area contributed by atoms with Crippen LogP contribution in [0.4, 0.5) is 0 Å². The minimum absolute atomic E-state index is 0.117. The standard InChI is InChI=1S/C31H30N4O4S/c1-21-28(30(37)38-2)29(23-11-8-13-26(17-23)39-19-22-9-4-3-5-10-22)35-25(20-40-31(35)34-21)18-27(36)33-16-14-24-12-6-7-15-32-24/h3-13,15,17,20,29H,14,16,18-19H2,1-2H3,(H,33,36). The lowest BCUT2D eigenvalue weighted by Gasteiger charge is -2.36. The first-order valence-corrected chi connectivity index (χ1v) is 13.9. The molecule has 2 aliphatic heterocycles. The number of rotatable bonds is 10. The number of aliphatic imine (C=N–C) groups is 1. The fraction of sp³-hybridized carbons (Fsp3) is 0.226. The second-order valence-electron chi connectivity index (χ2n) is 9.33. The Kier molecular flexibility index (Phi) is 8.61. The first kappa shape index (κ1) is 27.2. The number of hydrogen-bond donors (Lipinski definition) is 1. The van der Waals surface area contributed by atoms with E-state index in [4.69, 9.17) is 9.47 Å². The summed E-state index contributed by atoms with van der Waals surface area (Å²) in [4.78, 5) is 36.9. The van der Waals surface area contributed by atoms with Gasteiger partial charge in [0, 0.05) is 30.6 Å². The first-order valence-electron chi connectivity index (χ1n) is 13.0. The summed E-state index contributed by atoms with van der Waals surface area (Å²) < 4.78 is 11.3. The Hall–Kier alpha value is -4.37. The number of thioether (sulfide) groups is 1. The highest BCUT2D eigenvalue weighted by molar-refractivity contribution is 8.16. The van der Waals surface area contributed by atoms with Gasteiger partial charge in [0.25, 0.3) is 0 Å². The summed E-state index contributed by atoms with van der Waals surface area (Å²) in [6.45, 7) is 2.71. The molecule has 40 heavy (non-hydrogen) atoms. The number of esters is 1. The molecular weight excluding hydrogens is 524 g/mol. The fourth-order valence-corrected chi connectivity index (χ4v) is 5.64. The average molecular weight is 555 g/mol. The molecule has 2 aliphatic rings. The molecule has 1 N–H and O–H groups in total. The Labute approximate surface area is 237 Å². The maximum atomic E-state index is 13.0. The molecule has 5 rings (SSSR count). The quantitative estimate of drug-likeness (QED) is 0.346. The van der Waals surface area contributed by atoms with Gasteiger partial charge in [0.2, 0.25) is 5.91 Å². The Bertz CT molecular complexity index is 1470. The van der Waals surface area contributed by atoms with E-state index in [1.807, 2.05) is 90.0 Å². The number of benzene rings is 2. The van der Waals surface area contributed by atoms with Gasteiger partial charge in [0.15, 0.2) is 5.17 Å². The van der Waals surface area contributed by atoms with Crippen LogP contribution >= 0.6 is 11.8 Å². The number of carbonyl (C=O) groups excluding carboxylic acids is 2. The van der Waals surface area contributed by atoms with E-state index in [0.29, 0.717) is 41.8 Å². The van der Waals surface area contributed by atoms with Crippen molar-refractivity contribution in [3.8, 4) is 5.75 Å². The van der Waals surface area contributed by atoms with Gasteiger partial charge in [-0.25, -0.2) is 9.79 Å². The minimum atomic E-state index is -0.525. The van der Waals surface area contributed by atoms with Crippen molar-refractivity contribution in [1.82, 2.24) is 15.2 Å². The Morgan fingerprint density at radius 1 is 1.05 bits per heavy atom. The molecule has 3 aromatic rings. The van der Waals surface area contributed by atoms with Gasteiger partial charge in [0.05, 0.1) is 30.8 Å². The molecule has 204 valence electrons. The number of nitrogens with zero attached hydrogens (tertiary/aromatic N) is 3. The van der Waals surface area contributed by atoms with E-state index in [-0.39, 0.29) is 12.3 Å². The number of aromatic nitrogens is 1. The molecule has 1 aromatic heterocycles. The zero-order chi connectivity index (χ0) is 27.9. The summed E-state index contributed by atoms with van der Waals surface area (Å²) in [5, 5.41) is 5.62. The SMILES string of the molecule is COC(=O)C1=C(C)N=C2SC=C(CC(=O)NCCc3ccccn3)N2C1c1cccc(OCc2ccccc2)c1. The molecule has 1 amide bonds. The molecule has 1 unspecified atom stereocenters. The lowest BCUT2D eigenvalue weighted by Crippen LogP contribution is -2.38. The van der Waals surface area contributed by atoms with E-state index in [0.717, 1.165) is 22.5 Å². The summed E-state index contributed by atoms with van der Waals surface area (Å²) in [6, 6.07) is 22.8. The van der Waals surface area contributed by atoms with Crippen LogP contribution in [0.1, 0.15) is 36.2 Å². The van der Waals surface area contributed by atoms with Crippen LogP contribution < -0.4 is 10.1 Å². The molecular formula is C31H30N4O4S. The summed E-state index contributed by atoms with van der Waals surface area (Å²) in [6.07, 6.45) is 2.53. The number of allylic oxidation sites excluding steroid dienone is 1. The first-order chi connectivity index (χ1) is 19.5. The fourth-order valence-electron chi connectivity index (χ4n) is 4.67. The predicted molar refractivity (Wildman–Crippen MR) is 155 cm³/mol. The van der Waals surface area contributed by atoms with Crippen LogP contribution in [0.5, 0.6) is 5.75 Å². The number of amidine groups is 1. The second kappa shape index (κ2) is 12.7. The lowest BCUT2D eigenvalue weighted by molar-refractivity contribution is -0.136. The van der Waals surface area contributed by atoms with Gasteiger partial charge >= 0.3 is 5.97 Å². The summed E-state index contributed by atoms with van der Waals surface area (Å²) in [5.74, 6) is 0.0996. The van der Waals surface area contributed by atoms with Crippen molar-refractivity contribution >= 4 is 28.8 Å². The van der Waals surface area contributed by atoms with Crippen LogP contribution in [0.3, 0.4) is 0 Å². The largest absolute Gasteiger partial charge is 0.489 e. The maximum absolute atomic E-state index is 13.0. The van der Waals surface area contributed by atoms with Gasteiger partial charge in [-0.3, -0.25) is 9.78 Å². The average Bonchev–Trinajstić information content (AvgIpc) is 3.37. The normalized spacial score (nSPS) is 16.1. The molecule has 8 nitrogen and oxygen atoms in total. The molecule has 0 saturated heterocycles. The van der Waals surface area contributed by atoms with Crippen molar-refractivity contribution in [2.75, 3.05) is 13.7 Å². The van der Waals surface area contributed by atoms with Crippen LogP contribution in [-0.2, 0) is 27.4 Å². The highest BCUT2D eigenvalue weighted by Crippen LogP contribution is 2.45. The number of hydrogen-bond acceptors (Lipinski definition) is 8. The third-order valence-electron chi connectivity index (χ3n) is 6.60. The number of fused-ring (bicyclic) bond motifs is 1. The van der Waals surface area contributed by atoms with E-state index in [1.165, 1.54) is 18.9 Å². The summed E-state index contributed by atoms with van der Waals surface area (Å²) in [7, 11) is 1.36. The molecule has 0 aliphatic carbocycles. The number of nitrogens with one attached hydrogen (secondary N) is 1. The second-order valence-corrected chi connectivity index (χ2v) is 10.2. The third-order valence-corrected chi connectivity index (χ3v) is 7.49. The Morgan fingerprint density at radius 3 is 2.65 bits per heavy atom. The molecule has 0 fully saturated rings. The van der Waals surface area contributed by atoms with Gasteiger partial charge in [-0.2, -0.15) is 0 Å². The zero-order valence-electron chi connectivity index (χ0n) is 22.4. The predicted octanol–water partition coefficient (Wildman–Crippen LogP) is 5.16. The van der Waals surface area contributed by atoms with E-state index in [2.05, 4.69) is 15.3 Å². The highest BCUT2D eigenvalue weighted by atomic mass is 32.2. The van der Waals surface area contributed by atoms with Crippen molar-refractivity contribution in [2.45, 2.75) is 32.4 Å². The molecule has 9 heteroatoms. The van der Waals surface area contributed by atoms with Crippen molar-refractivity contribution in [2.24, 2.45) is 4.99 Å². The molecule has 0 saturated carbocycles. The van der Waals surface area contributed by atoms with Gasteiger partial charge in [-0.05, 0) is 47.7 Å². The number of methoxy groups -OCH3 is 1. The molecule has 0 spiro atoms. The van der Waals surface area contributed by atoms with Gasteiger partial charge in [-0.1, -0.05) is 60.3 Å². The molecule has 2 aromatic carbocycles. The number of pyridine rings is 1. The zero-order valence-corrected chi connectivity index (χ0v) is 23.2. The van der Waals surface area contributed by atoms with Crippen LogP contribution in [0.15, 0.2) is 106 Å². The Morgan fingerprint density at radius 2 is 1.88 bits per heavy atom. The van der Waals surface area contributed by atoms with Gasteiger partial charge in [0.1, 0.15) is 12.4 Å². The lowest BCUT2D eigenvalue weighted by atomic mass is 9.93. The number of carbonyl (C=O) groups is 2. The van der Waals surface area contributed by atoms with Crippen molar-refractivity contribution in [3.05, 3.63) is 118 Å². The molecule has 1 atom stereocenters. The summed E-state index contributed by atoms with van der Waals surface area (Å²) in [5.41, 5.74) is 4.58. The molecule has 0 radical (unpaired) electrons. The van der Waals surface area contributed by atoms with Crippen LogP contribution in [0.25, 0.3) is 0 Å². The molecule has 0 bridgehead atoms. The van der Waals surface area contributed by atoms with Gasteiger partial charge < -0.3 is 19.7 Å². The number of ether oxygens (including phenoxy) is 2. The monoisotopic (exact) mass is 554 g/mol. The van der Waals surface area contributed by atoms with Crippen molar-refractivity contribution < 1.29 is 19.1 Å². The van der Waals surface area contributed by atoms with Crippen LogP contribution in [0.2, 0.25) is 0 Å².